The zero-order valence-corrected chi connectivity index (χ0v) is 10.1. The van der Waals surface area contributed by atoms with Gasteiger partial charge in [-0.05, 0) is 19.9 Å². The number of hydrogen-bond acceptors (Lipinski definition) is 7. The van der Waals surface area contributed by atoms with Gasteiger partial charge in [-0.15, -0.1) is 10.2 Å². The number of nitrogen functional groups attached to an aromatic ring is 1. The molecule has 2 heterocycles. The Kier molecular flexibility index (Phi) is 2.96. The lowest BCUT2D eigenvalue weighted by atomic mass is 10.4. The second kappa shape index (κ2) is 4.42. The molecule has 3 N–H and O–H groups in total. The molecule has 17 heavy (non-hydrogen) atoms. The Hall–Kier alpha value is -2.09. The van der Waals surface area contributed by atoms with Crippen molar-refractivity contribution in [3.8, 4) is 0 Å². The summed E-state index contributed by atoms with van der Waals surface area (Å²) in [5.41, 5.74) is 6.96. The first kappa shape index (κ1) is 11.4. The van der Waals surface area contributed by atoms with Crippen LogP contribution in [0.5, 0.6) is 0 Å². The monoisotopic (exact) mass is 250 g/mol. The molecule has 7 nitrogen and oxygen atoms in total. The number of aryl methyl sites for hydroxylation is 2. The van der Waals surface area contributed by atoms with Crippen LogP contribution in [0.3, 0.4) is 0 Å². The number of nitrogens with two attached hydrogens (primary N) is 1. The molecule has 2 aromatic heterocycles. The van der Waals surface area contributed by atoms with E-state index in [0.717, 1.165) is 22.7 Å². The van der Waals surface area contributed by atoms with Gasteiger partial charge < -0.3 is 5.73 Å². The quantitative estimate of drug-likeness (QED) is 0.815. The van der Waals surface area contributed by atoms with Crippen molar-refractivity contribution in [2.45, 2.75) is 13.8 Å². The van der Waals surface area contributed by atoms with Crippen molar-refractivity contribution >= 4 is 28.3 Å². The SMILES string of the molecule is Cc1cc(C)nc(NC(=O)c2nnc(N)s2)n1. The van der Waals surface area contributed by atoms with Gasteiger partial charge in [0.05, 0.1) is 0 Å². The van der Waals surface area contributed by atoms with Crippen LogP contribution in [0.15, 0.2) is 6.07 Å². The first-order chi connectivity index (χ1) is 8.04. The van der Waals surface area contributed by atoms with Gasteiger partial charge in [0.25, 0.3) is 5.91 Å². The summed E-state index contributed by atoms with van der Waals surface area (Å²) >= 11 is 1.01. The summed E-state index contributed by atoms with van der Waals surface area (Å²) in [5, 5.41) is 10.2. The van der Waals surface area contributed by atoms with Gasteiger partial charge in [0.2, 0.25) is 16.1 Å². The third-order valence-electron chi connectivity index (χ3n) is 1.84. The van der Waals surface area contributed by atoms with Gasteiger partial charge in [0.1, 0.15) is 0 Å². The van der Waals surface area contributed by atoms with Crippen molar-refractivity contribution in [3.63, 3.8) is 0 Å². The molecule has 0 bridgehead atoms. The average Bonchev–Trinajstić information content (AvgIpc) is 2.63. The van der Waals surface area contributed by atoms with Crippen molar-refractivity contribution in [2.75, 3.05) is 11.1 Å². The standard InChI is InChI=1S/C9H10N6OS/c1-4-3-5(2)12-9(11-4)13-6(16)7-14-15-8(10)17-7/h3H,1-2H3,(H2,10,15)(H,11,12,13,16). The molecule has 0 unspecified atom stereocenters. The van der Waals surface area contributed by atoms with E-state index < -0.39 is 5.91 Å². The molecule has 0 aliphatic rings. The van der Waals surface area contributed by atoms with Crippen molar-refractivity contribution in [2.24, 2.45) is 0 Å². The van der Waals surface area contributed by atoms with Crippen LogP contribution in [0, 0.1) is 13.8 Å². The Morgan fingerprint density at radius 2 is 1.94 bits per heavy atom. The lowest BCUT2D eigenvalue weighted by Gasteiger charge is -2.02. The van der Waals surface area contributed by atoms with E-state index in [0.29, 0.717) is 0 Å². The second-order valence-corrected chi connectivity index (χ2v) is 4.38. The van der Waals surface area contributed by atoms with E-state index >= 15 is 0 Å². The molecule has 0 saturated carbocycles. The molecule has 1 amide bonds. The molecular weight excluding hydrogens is 240 g/mol. The van der Waals surface area contributed by atoms with Crippen LogP contribution in [-0.4, -0.2) is 26.1 Å². The predicted octanol–water partition coefficient (Wildman–Crippen LogP) is 0.779. The molecule has 2 aromatic rings. The van der Waals surface area contributed by atoms with Crippen molar-refractivity contribution < 1.29 is 4.79 Å². The van der Waals surface area contributed by atoms with E-state index in [4.69, 9.17) is 5.73 Å². The van der Waals surface area contributed by atoms with E-state index in [-0.39, 0.29) is 16.1 Å². The topological polar surface area (TPSA) is 107 Å². The van der Waals surface area contributed by atoms with E-state index in [1.807, 2.05) is 19.9 Å². The van der Waals surface area contributed by atoms with Crippen LogP contribution in [0.4, 0.5) is 11.1 Å². The predicted molar refractivity (Wildman–Crippen MR) is 63.8 cm³/mol. The largest absolute Gasteiger partial charge is 0.374 e. The molecule has 0 fully saturated rings. The maximum absolute atomic E-state index is 11.7. The van der Waals surface area contributed by atoms with E-state index in [1.165, 1.54) is 0 Å². The molecule has 0 spiro atoms. The first-order valence-electron chi connectivity index (χ1n) is 4.77. The zero-order chi connectivity index (χ0) is 12.4. The second-order valence-electron chi connectivity index (χ2n) is 3.37. The molecule has 0 atom stereocenters. The Morgan fingerprint density at radius 1 is 1.29 bits per heavy atom. The number of nitrogens with one attached hydrogen (secondary N) is 1. The number of rotatable bonds is 2. The Morgan fingerprint density at radius 3 is 2.47 bits per heavy atom. The molecular formula is C9H10N6OS. The molecule has 8 heteroatoms. The third kappa shape index (κ3) is 2.72. The number of hydrogen-bond donors (Lipinski definition) is 2. The summed E-state index contributed by atoms with van der Waals surface area (Å²) in [4.78, 5) is 19.9. The Balaban J connectivity index is 2.18. The summed E-state index contributed by atoms with van der Waals surface area (Å²) < 4.78 is 0. The van der Waals surface area contributed by atoms with Gasteiger partial charge in [-0.2, -0.15) is 0 Å². The van der Waals surface area contributed by atoms with E-state index in [2.05, 4.69) is 25.5 Å². The maximum atomic E-state index is 11.7. The van der Waals surface area contributed by atoms with Crippen molar-refractivity contribution in [3.05, 3.63) is 22.5 Å². The summed E-state index contributed by atoms with van der Waals surface area (Å²) in [6.45, 7) is 3.65. The molecule has 2 rings (SSSR count). The fraction of sp³-hybridized carbons (Fsp3) is 0.222. The summed E-state index contributed by atoms with van der Waals surface area (Å²) in [6.07, 6.45) is 0. The lowest BCUT2D eigenvalue weighted by Crippen LogP contribution is -2.14. The molecule has 0 aromatic carbocycles. The number of aromatic nitrogens is 4. The van der Waals surface area contributed by atoms with Gasteiger partial charge in [0.15, 0.2) is 0 Å². The molecule has 88 valence electrons. The Bertz CT molecular complexity index is 546. The van der Waals surface area contributed by atoms with E-state index in [1.54, 1.807) is 0 Å². The van der Waals surface area contributed by atoms with Gasteiger partial charge in [-0.1, -0.05) is 11.3 Å². The van der Waals surface area contributed by atoms with Gasteiger partial charge in [-0.25, -0.2) is 9.97 Å². The van der Waals surface area contributed by atoms with Crippen molar-refractivity contribution in [1.82, 2.24) is 20.2 Å². The fourth-order valence-electron chi connectivity index (χ4n) is 1.26. The number of nitrogens with zero attached hydrogens (tertiary/aromatic N) is 4. The number of carbonyl (C=O) groups excluding carboxylic acids is 1. The first-order valence-corrected chi connectivity index (χ1v) is 5.59. The van der Waals surface area contributed by atoms with Crippen molar-refractivity contribution in [1.29, 1.82) is 0 Å². The Labute approximate surface area is 101 Å². The number of anilines is 2. The highest BCUT2D eigenvalue weighted by Gasteiger charge is 2.13. The normalized spacial score (nSPS) is 10.2. The summed E-state index contributed by atoms with van der Waals surface area (Å²) in [5.74, 6) is -0.162. The summed E-state index contributed by atoms with van der Waals surface area (Å²) in [6, 6.07) is 1.82. The maximum Gasteiger partial charge on any atom is 0.289 e. The fourth-order valence-corrected chi connectivity index (χ4v) is 1.77. The molecule has 0 radical (unpaired) electrons. The van der Waals surface area contributed by atoms with Gasteiger partial charge in [-0.3, -0.25) is 10.1 Å². The zero-order valence-electron chi connectivity index (χ0n) is 9.26. The molecule has 0 aliphatic heterocycles. The van der Waals surface area contributed by atoms with E-state index in [9.17, 15) is 4.79 Å². The highest BCUT2D eigenvalue weighted by atomic mass is 32.1. The molecule has 0 aliphatic carbocycles. The smallest absolute Gasteiger partial charge is 0.289 e. The summed E-state index contributed by atoms with van der Waals surface area (Å²) in [7, 11) is 0. The number of amides is 1. The highest BCUT2D eigenvalue weighted by molar-refractivity contribution is 7.16. The minimum atomic E-state index is -0.413. The van der Waals surface area contributed by atoms with Gasteiger partial charge >= 0.3 is 0 Å². The average molecular weight is 250 g/mol. The van der Waals surface area contributed by atoms with Crippen LogP contribution < -0.4 is 11.1 Å². The lowest BCUT2D eigenvalue weighted by molar-refractivity contribution is 0.102. The van der Waals surface area contributed by atoms with Crippen LogP contribution in [0.1, 0.15) is 21.2 Å². The van der Waals surface area contributed by atoms with Crippen LogP contribution >= 0.6 is 11.3 Å². The molecule has 0 saturated heterocycles. The highest BCUT2D eigenvalue weighted by Crippen LogP contribution is 2.12. The number of carbonyl (C=O) groups is 1. The van der Waals surface area contributed by atoms with Gasteiger partial charge in [0, 0.05) is 11.4 Å². The van der Waals surface area contributed by atoms with Crippen LogP contribution in [0.2, 0.25) is 0 Å². The minimum absolute atomic E-state index is 0.185. The van der Waals surface area contributed by atoms with Crippen LogP contribution in [0.25, 0.3) is 0 Å². The third-order valence-corrected chi connectivity index (χ3v) is 2.59. The minimum Gasteiger partial charge on any atom is -0.374 e. The van der Waals surface area contributed by atoms with Crippen LogP contribution in [-0.2, 0) is 0 Å².